The molecule has 0 bridgehead atoms. The van der Waals surface area contributed by atoms with Crippen molar-refractivity contribution in [2.45, 2.75) is 0 Å². The van der Waals surface area contributed by atoms with E-state index in [1.807, 2.05) is 11.3 Å². The Bertz CT molecular complexity index is 3290. The fourth-order valence-corrected chi connectivity index (χ4v) is 10.1. The molecule has 0 radical (unpaired) electrons. The summed E-state index contributed by atoms with van der Waals surface area (Å²) in [7, 11) is 2.85. The quantitative estimate of drug-likeness (QED) is 0.146. The number of nitrogens with zero attached hydrogens (tertiary/aromatic N) is 2. The lowest BCUT2D eigenvalue weighted by Crippen LogP contribution is -2.10. The molecular formula is C54H37N2PS. The molecule has 0 aliphatic carbocycles. The number of benzene rings is 9. The highest BCUT2D eigenvalue weighted by atomic mass is 32.1. The molecule has 2 aromatic heterocycles. The Hall–Kier alpha value is -6.77. The lowest BCUT2D eigenvalue weighted by Gasteiger charge is -2.26. The number of para-hydroxylation sites is 1. The third-order valence-corrected chi connectivity index (χ3v) is 12.9. The molecule has 58 heavy (non-hydrogen) atoms. The highest BCUT2D eigenvalue weighted by Crippen LogP contribution is 2.42. The Balaban J connectivity index is 1.01. The summed E-state index contributed by atoms with van der Waals surface area (Å²) in [6, 6.07) is 77.3. The monoisotopic (exact) mass is 776 g/mol. The summed E-state index contributed by atoms with van der Waals surface area (Å²) in [6.45, 7) is 0. The van der Waals surface area contributed by atoms with Crippen LogP contribution in [0.2, 0.25) is 0 Å². The van der Waals surface area contributed by atoms with E-state index in [1.165, 1.54) is 75.1 Å². The van der Waals surface area contributed by atoms with E-state index in [0.717, 1.165) is 28.3 Å². The van der Waals surface area contributed by atoms with Gasteiger partial charge in [-0.05, 0) is 111 Å². The van der Waals surface area contributed by atoms with Gasteiger partial charge >= 0.3 is 0 Å². The maximum Gasteiger partial charge on any atom is 0.0541 e. The second-order valence-electron chi connectivity index (χ2n) is 14.8. The summed E-state index contributed by atoms with van der Waals surface area (Å²) in [6.07, 6.45) is 0. The Morgan fingerprint density at radius 2 is 0.983 bits per heavy atom. The largest absolute Gasteiger partial charge is 0.310 e. The van der Waals surface area contributed by atoms with Crippen LogP contribution in [-0.2, 0) is 0 Å². The first-order valence-electron chi connectivity index (χ1n) is 19.6. The molecule has 0 saturated heterocycles. The predicted molar refractivity (Wildman–Crippen MR) is 254 cm³/mol. The van der Waals surface area contributed by atoms with Crippen molar-refractivity contribution in [3.63, 3.8) is 0 Å². The summed E-state index contributed by atoms with van der Waals surface area (Å²) in [5, 5.41) is 6.34. The molecule has 0 aliphatic heterocycles. The first-order chi connectivity index (χ1) is 28.7. The van der Waals surface area contributed by atoms with E-state index in [2.05, 4.69) is 231 Å². The van der Waals surface area contributed by atoms with Gasteiger partial charge in [0.1, 0.15) is 0 Å². The third kappa shape index (κ3) is 5.99. The van der Waals surface area contributed by atoms with Gasteiger partial charge < -0.3 is 9.47 Å². The number of fused-ring (bicyclic) bond motifs is 6. The third-order valence-electron chi connectivity index (χ3n) is 11.3. The van der Waals surface area contributed by atoms with Crippen LogP contribution in [0.3, 0.4) is 0 Å². The molecule has 4 heteroatoms. The minimum atomic E-state index is 1.10. The fourth-order valence-electron chi connectivity index (χ4n) is 8.56. The lowest BCUT2D eigenvalue weighted by atomic mass is 10.0. The molecule has 0 saturated carbocycles. The summed E-state index contributed by atoms with van der Waals surface area (Å²) < 4.78 is 5.04. The molecule has 2 heterocycles. The molecule has 0 N–H and O–H groups in total. The van der Waals surface area contributed by atoms with Gasteiger partial charge in [0.25, 0.3) is 0 Å². The molecule has 0 spiro atoms. The highest BCUT2D eigenvalue weighted by molar-refractivity contribution is 7.27. The maximum atomic E-state index is 2.85. The van der Waals surface area contributed by atoms with E-state index < -0.39 is 0 Å². The fraction of sp³-hybridized carbons (Fsp3) is 0. The van der Waals surface area contributed by atoms with Gasteiger partial charge in [-0.25, -0.2) is 0 Å². The number of hydrogen-bond donors (Lipinski definition) is 0. The minimum absolute atomic E-state index is 1.10. The molecule has 1 atom stereocenters. The minimum Gasteiger partial charge on any atom is -0.310 e. The van der Waals surface area contributed by atoms with Crippen molar-refractivity contribution in [3.8, 4) is 39.1 Å². The smallest absolute Gasteiger partial charge is 0.0541 e. The van der Waals surface area contributed by atoms with Gasteiger partial charge in [0.15, 0.2) is 0 Å². The zero-order chi connectivity index (χ0) is 38.6. The van der Waals surface area contributed by atoms with E-state index in [-0.39, 0.29) is 0 Å². The van der Waals surface area contributed by atoms with Gasteiger partial charge in [0.05, 0.1) is 11.0 Å². The second kappa shape index (κ2) is 14.3. The van der Waals surface area contributed by atoms with Crippen molar-refractivity contribution in [3.05, 3.63) is 212 Å². The molecule has 11 rings (SSSR count). The van der Waals surface area contributed by atoms with Crippen LogP contribution in [-0.4, -0.2) is 4.57 Å². The molecule has 0 fully saturated rings. The molecule has 2 nitrogen and oxygen atoms in total. The van der Waals surface area contributed by atoms with Crippen molar-refractivity contribution in [2.75, 3.05) is 4.90 Å². The molecule has 9 aromatic carbocycles. The van der Waals surface area contributed by atoms with Gasteiger partial charge in [0.2, 0.25) is 0 Å². The molecule has 11 aromatic rings. The van der Waals surface area contributed by atoms with E-state index in [4.69, 9.17) is 0 Å². The summed E-state index contributed by atoms with van der Waals surface area (Å²) >= 11 is 1.87. The summed E-state index contributed by atoms with van der Waals surface area (Å²) in [5.41, 5.74) is 14.1. The average molecular weight is 777 g/mol. The van der Waals surface area contributed by atoms with Gasteiger partial charge in [-0.15, -0.1) is 20.6 Å². The molecular weight excluding hydrogens is 740 g/mol. The van der Waals surface area contributed by atoms with Crippen molar-refractivity contribution >= 4 is 84.9 Å². The second-order valence-corrected chi connectivity index (χ2v) is 16.5. The molecule has 1 unspecified atom stereocenters. The molecule has 0 aliphatic rings. The van der Waals surface area contributed by atoms with Crippen molar-refractivity contribution in [1.29, 1.82) is 0 Å². The van der Waals surface area contributed by atoms with E-state index in [9.17, 15) is 0 Å². The lowest BCUT2D eigenvalue weighted by molar-refractivity contribution is 1.18. The van der Waals surface area contributed by atoms with Gasteiger partial charge in [-0.2, -0.15) is 0 Å². The first-order valence-corrected chi connectivity index (χ1v) is 21.0. The number of anilines is 3. The highest BCUT2D eigenvalue weighted by Gasteiger charge is 2.17. The average Bonchev–Trinajstić information content (AvgIpc) is 3.83. The van der Waals surface area contributed by atoms with Crippen molar-refractivity contribution in [1.82, 2.24) is 4.57 Å². The Morgan fingerprint density at radius 1 is 0.379 bits per heavy atom. The Kier molecular flexibility index (Phi) is 8.51. The number of rotatable bonds is 7. The zero-order valence-corrected chi connectivity index (χ0v) is 33.6. The standard InChI is InChI=1S/C54H37N2PS/c57-45-31-32-52-50(35-45)47-17-4-6-21-51(47)56(52)44-16-9-14-40(34-44)39-13-8-15-43(33-39)55(41-27-23-37(24-28-41)36-11-2-1-3-12-36)42-29-25-38(26-30-42)46-19-10-20-49-48-18-5-7-22-53(48)58-54(46)49/h1-35H,57H2. The van der Waals surface area contributed by atoms with Crippen molar-refractivity contribution in [2.24, 2.45) is 0 Å². The van der Waals surface area contributed by atoms with Crippen LogP contribution >= 0.6 is 20.6 Å². The van der Waals surface area contributed by atoms with Crippen LogP contribution in [0.5, 0.6) is 0 Å². The number of hydrogen-bond acceptors (Lipinski definition) is 2. The normalized spacial score (nSPS) is 11.5. The zero-order valence-electron chi connectivity index (χ0n) is 31.6. The van der Waals surface area contributed by atoms with Gasteiger partial charge in [-0.3, -0.25) is 0 Å². The predicted octanol–water partition coefficient (Wildman–Crippen LogP) is 15.1. The summed E-state index contributed by atoms with van der Waals surface area (Å²) in [4.78, 5) is 2.37. The summed E-state index contributed by atoms with van der Waals surface area (Å²) in [5.74, 6) is 0. The topological polar surface area (TPSA) is 8.17 Å². The van der Waals surface area contributed by atoms with E-state index in [1.54, 1.807) is 0 Å². The van der Waals surface area contributed by atoms with Gasteiger partial charge in [0, 0.05) is 53.7 Å². The number of thiophene rings is 1. The van der Waals surface area contributed by atoms with Crippen LogP contribution in [0.1, 0.15) is 0 Å². The van der Waals surface area contributed by atoms with Crippen LogP contribution < -0.4 is 10.2 Å². The Morgan fingerprint density at radius 3 is 1.79 bits per heavy atom. The first kappa shape index (κ1) is 34.5. The number of aromatic nitrogens is 1. The van der Waals surface area contributed by atoms with E-state index >= 15 is 0 Å². The maximum absolute atomic E-state index is 2.85. The van der Waals surface area contributed by atoms with Gasteiger partial charge in [-0.1, -0.05) is 140 Å². The van der Waals surface area contributed by atoms with Crippen LogP contribution in [0.15, 0.2) is 212 Å². The van der Waals surface area contributed by atoms with Crippen LogP contribution in [0.4, 0.5) is 17.1 Å². The van der Waals surface area contributed by atoms with Crippen molar-refractivity contribution < 1.29 is 0 Å². The Labute approximate surface area is 344 Å². The van der Waals surface area contributed by atoms with Crippen LogP contribution in [0, 0.1) is 0 Å². The van der Waals surface area contributed by atoms with Crippen LogP contribution in [0.25, 0.3) is 81.0 Å². The SMILES string of the molecule is Pc1ccc2c(c1)c1ccccc1n2-c1cccc(-c2cccc(N(c3ccc(-c4ccccc4)cc3)c3ccc(-c4cccc5c4sc4ccccc45)cc3)c2)c1. The molecule has 0 amide bonds. The molecule has 274 valence electrons. The van der Waals surface area contributed by atoms with E-state index in [0.29, 0.717) is 0 Å².